The number of anilines is 1. The second-order valence-corrected chi connectivity index (χ2v) is 11.5. The van der Waals surface area contributed by atoms with Crippen LogP contribution in [0.15, 0.2) is 47.4 Å². The molecule has 0 unspecified atom stereocenters. The topological polar surface area (TPSA) is 73.8 Å². The first-order chi connectivity index (χ1) is 16.7. The van der Waals surface area contributed by atoms with Gasteiger partial charge in [0.05, 0.1) is 9.60 Å². The van der Waals surface area contributed by atoms with Crippen molar-refractivity contribution in [2.24, 2.45) is 0 Å². The van der Waals surface area contributed by atoms with Gasteiger partial charge >= 0.3 is 0 Å². The second-order valence-electron chi connectivity index (χ2n) is 8.57. The average Bonchev–Trinajstić information content (AvgIpc) is 3.27. The number of para-hydroxylation sites is 1. The number of carbonyl (C=O) groups excluding carboxylic acids is 1. The Morgan fingerprint density at radius 2 is 1.69 bits per heavy atom. The molecule has 0 fully saturated rings. The molecule has 0 saturated heterocycles. The number of nitrogens with zero attached hydrogens (tertiary/aromatic N) is 4. The molecule has 1 heterocycles. The van der Waals surface area contributed by atoms with Crippen LogP contribution in [-0.2, 0) is 10.0 Å². The summed E-state index contributed by atoms with van der Waals surface area (Å²) in [7, 11) is 0.281. The lowest BCUT2D eigenvalue weighted by Gasteiger charge is -2.22. The van der Waals surface area contributed by atoms with E-state index < -0.39 is 15.8 Å². The predicted octanol–water partition coefficient (Wildman–Crippen LogP) is 5.27. The van der Waals surface area contributed by atoms with Gasteiger partial charge in [-0.25, -0.2) is 17.8 Å². The van der Waals surface area contributed by atoms with Gasteiger partial charge in [0.1, 0.15) is 11.3 Å². The minimum atomic E-state index is -3.63. The highest BCUT2D eigenvalue weighted by atomic mass is 35.5. The SMILES string of the molecule is CCCCN(CC)S(=O)(=O)c1ccc(C(=O)N(CCCN(C)C)c2nc3c(F)cccc3s2)cc1.Cl. The van der Waals surface area contributed by atoms with Crippen LogP contribution in [-0.4, -0.2) is 68.8 Å². The number of hydrogen-bond donors (Lipinski definition) is 0. The first kappa shape index (κ1) is 30.1. The first-order valence-electron chi connectivity index (χ1n) is 11.8. The summed E-state index contributed by atoms with van der Waals surface area (Å²) in [6.45, 7) is 5.85. The van der Waals surface area contributed by atoms with Gasteiger partial charge in [-0.2, -0.15) is 4.31 Å². The fourth-order valence-electron chi connectivity index (χ4n) is 3.70. The molecule has 7 nitrogen and oxygen atoms in total. The van der Waals surface area contributed by atoms with E-state index in [1.165, 1.54) is 46.0 Å². The number of aromatic nitrogens is 1. The number of benzene rings is 2. The quantitative estimate of drug-likeness (QED) is 0.304. The number of thiazole rings is 1. The standard InChI is InChI=1S/C25H33FN4O3S2.ClH/c1-5-7-17-29(6-2)35(32,33)20-14-12-19(13-15-20)24(31)30(18-9-16-28(3)4)25-27-23-21(26)10-8-11-22(23)34-25;/h8,10-15H,5-7,9,16-18H2,1-4H3;1H. The summed E-state index contributed by atoms with van der Waals surface area (Å²) < 4.78 is 42.4. The molecule has 198 valence electrons. The third-order valence-corrected chi connectivity index (χ3v) is 8.71. The van der Waals surface area contributed by atoms with E-state index in [9.17, 15) is 17.6 Å². The van der Waals surface area contributed by atoms with E-state index in [2.05, 4.69) is 4.98 Å². The van der Waals surface area contributed by atoms with Crippen molar-refractivity contribution in [1.29, 1.82) is 0 Å². The summed E-state index contributed by atoms with van der Waals surface area (Å²) in [6.07, 6.45) is 2.39. The number of amides is 1. The maximum Gasteiger partial charge on any atom is 0.260 e. The van der Waals surface area contributed by atoms with Gasteiger partial charge in [0.2, 0.25) is 10.0 Å². The van der Waals surface area contributed by atoms with E-state index >= 15 is 0 Å². The van der Waals surface area contributed by atoms with Crippen molar-refractivity contribution in [3.05, 3.63) is 53.8 Å². The van der Waals surface area contributed by atoms with Crippen molar-refractivity contribution >= 4 is 55.0 Å². The molecule has 0 N–H and O–H groups in total. The number of hydrogen-bond acceptors (Lipinski definition) is 6. The van der Waals surface area contributed by atoms with Gasteiger partial charge in [0.15, 0.2) is 5.13 Å². The minimum absolute atomic E-state index is 0. The van der Waals surface area contributed by atoms with E-state index in [-0.39, 0.29) is 28.7 Å². The van der Waals surface area contributed by atoms with Crippen LogP contribution in [0.2, 0.25) is 0 Å². The van der Waals surface area contributed by atoms with E-state index in [0.29, 0.717) is 41.5 Å². The zero-order valence-electron chi connectivity index (χ0n) is 21.1. The Morgan fingerprint density at radius 3 is 2.28 bits per heavy atom. The van der Waals surface area contributed by atoms with Crippen LogP contribution in [0, 0.1) is 5.82 Å². The fraction of sp³-hybridized carbons (Fsp3) is 0.440. The third kappa shape index (κ3) is 7.01. The van der Waals surface area contributed by atoms with Crippen LogP contribution >= 0.6 is 23.7 Å². The Morgan fingerprint density at radius 1 is 1.00 bits per heavy atom. The van der Waals surface area contributed by atoms with Crippen LogP contribution in [0.25, 0.3) is 10.2 Å². The monoisotopic (exact) mass is 556 g/mol. The molecule has 36 heavy (non-hydrogen) atoms. The summed E-state index contributed by atoms with van der Waals surface area (Å²) in [5, 5.41) is 0.419. The molecule has 0 aliphatic carbocycles. The van der Waals surface area contributed by atoms with Crippen LogP contribution in [0.4, 0.5) is 9.52 Å². The molecule has 3 rings (SSSR count). The molecule has 0 radical (unpaired) electrons. The molecule has 0 atom stereocenters. The number of fused-ring (bicyclic) bond motifs is 1. The molecule has 3 aromatic rings. The van der Waals surface area contributed by atoms with Gasteiger partial charge in [0.25, 0.3) is 5.91 Å². The summed E-state index contributed by atoms with van der Waals surface area (Å²) >= 11 is 1.26. The molecule has 0 aliphatic rings. The van der Waals surface area contributed by atoms with Gasteiger partial charge in [0, 0.05) is 25.2 Å². The number of rotatable bonds is 12. The maximum atomic E-state index is 14.2. The molecule has 0 bridgehead atoms. The lowest BCUT2D eigenvalue weighted by Crippen LogP contribution is -2.34. The predicted molar refractivity (Wildman–Crippen MR) is 147 cm³/mol. The number of halogens is 2. The Bertz CT molecular complexity index is 1250. The number of carbonyl (C=O) groups is 1. The zero-order chi connectivity index (χ0) is 25.6. The van der Waals surface area contributed by atoms with E-state index in [1.54, 1.807) is 17.0 Å². The van der Waals surface area contributed by atoms with Gasteiger partial charge < -0.3 is 4.90 Å². The van der Waals surface area contributed by atoms with Gasteiger partial charge in [-0.1, -0.05) is 37.7 Å². The van der Waals surface area contributed by atoms with Crippen LogP contribution < -0.4 is 4.90 Å². The molecule has 2 aromatic carbocycles. The van der Waals surface area contributed by atoms with Crippen molar-refractivity contribution in [2.45, 2.75) is 38.0 Å². The molecule has 11 heteroatoms. The molecule has 0 spiro atoms. The van der Waals surface area contributed by atoms with E-state index in [0.717, 1.165) is 19.4 Å². The number of unbranched alkanes of at least 4 members (excludes halogenated alkanes) is 1. The largest absolute Gasteiger partial charge is 0.309 e. The smallest absolute Gasteiger partial charge is 0.260 e. The van der Waals surface area contributed by atoms with Crippen molar-refractivity contribution in [1.82, 2.24) is 14.2 Å². The Kier molecular flexibility index (Phi) is 11.2. The third-order valence-electron chi connectivity index (χ3n) is 5.67. The van der Waals surface area contributed by atoms with E-state index in [1.807, 2.05) is 32.8 Å². The maximum absolute atomic E-state index is 14.2. The summed E-state index contributed by atoms with van der Waals surface area (Å²) in [4.78, 5) is 21.6. The highest BCUT2D eigenvalue weighted by Crippen LogP contribution is 2.31. The summed E-state index contributed by atoms with van der Waals surface area (Å²) in [5.41, 5.74) is 0.594. The van der Waals surface area contributed by atoms with Crippen molar-refractivity contribution < 1.29 is 17.6 Å². The first-order valence-corrected chi connectivity index (χ1v) is 14.1. The van der Waals surface area contributed by atoms with Crippen molar-refractivity contribution in [3.63, 3.8) is 0 Å². The molecule has 1 aromatic heterocycles. The molecule has 0 saturated carbocycles. The lowest BCUT2D eigenvalue weighted by atomic mass is 10.2. The lowest BCUT2D eigenvalue weighted by molar-refractivity contribution is 0.0986. The second kappa shape index (κ2) is 13.4. The zero-order valence-corrected chi connectivity index (χ0v) is 23.6. The van der Waals surface area contributed by atoms with Gasteiger partial charge in [-0.3, -0.25) is 9.69 Å². The fourth-order valence-corrected chi connectivity index (χ4v) is 6.20. The molecular formula is C25H34ClFN4O3S2. The highest BCUT2D eigenvalue weighted by Gasteiger charge is 2.25. The van der Waals surface area contributed by atoms with Crippen molar-refractivity contribution in [3.8, 4) is 0 Å². The minimum Gasteiger partial charge on any atom is -0.309 e. The average molecular weight is 557 g/mol. The van der Waals surface area contributed by atoms with Crippen molar-refractivity contribution in [2.75, 3.05) is 45.2 Å². The van der Waals surface area contributed by atoms with Crippen LogP contribution in [0.1, 0.15) is 43.5 Å². The number of sulfonamides is 1. The molecule has 0 aliphatic heterocycles. The van der Waals surface area contributed by atoms with Gasteiger partial charge in [-0.15, -0.1) is 12.4 Å². The van der Waals surface area contributed by atoms with Crippen LogP contribution in [0.5, 0.6) is 0 Å². The van der Waals surface area contributed by atoms with Gasteiger partial charge in [-0.05, 0) is 69.9 Å². The summed E-state index contributed by atoms with van der Waals surface area (Å²) in [6, 6.07) is 10.8. The normalized spacial score (nSPS) is 11.8. The Labute approximate surface area is 223 Å². The van der Waals surface area contributed by atoms with Crippen LogP contribution in [0.3, 0.4) is 0 Å². The summed E-state index contributed by atoms with van der Waals surface area (Å²) in [5.74, 6) is -0.727. The highest BCUT2D eigenvalue weighted by molar-refractivity contribution is 7.89. The molecular weight excluding hydrogens is 523 g/mol. The van der Waals surface area contributed by atoms with E-state index in [4.69, 9.17) is 0 Å². The molecule has 1 amide bonds. The Balaban J connectivity index is 0.00000456. The Hall–Kier alpha value is -2.11.